The molecule has 1 heterocycles. The third-order valence-corrected chi connectivity index (χ3v) is 2.68. The molecule has 2 N–H and O–H groups in total. The zero-order valence-corrected chi connectivity index (χ0v) is 8.90. The summed E-state index contributed by atoms with van der Waals surface area (Å²) in [7, 11) is 0. The number of carboxylic acids is 1. The number of hydrogen-bond donors (Lipinski definition) is 2. The zero-order chi connectivity index (χ0) is 11.7. The number of carboxylic acid groups (broad SMARTS) is 1. The third-order valence-electron chi connectivity index (χ3n) is 2.68. The summed E-state index contributed by atoms with van der Waals surface area (Å²) in [5.74, 6) is -0.500. The van der Waals surface area contributed by atoms with E-state index in [4.69, 9.17) is 9.52 Å². The maximum Gasteiger partial charge on any atom is 0.307 e. The van der Waals surface area contributed by atoms with Crippen molar-refractivity contribution in [3.8, 4) is 0 Å². The Labute approximate surface area is 92.4 Å². The second kappa shape index (κ2) is 4.00. The van der Waals surface area contributed by atoms with E-state index in [0.717, 1.165) is 5.76 Å². The fourth-order valence-corrected chi connectivity index (χ4v) is 1.64. The number of rotatable bonds is 4. The number of nitrogens with one attached hydrogen (secondary N) is 1. The number of amides is 1. The van der Waals surface area contributed by atoms with Gasteiger partial charge in [-0.3, -0.25) is 9.59 Å². The van der Waals surface area contributed by atoms with Crippen LogP contribution in [-0.4, -0.2) is 17.0 Å². The van der Waals surface area contributed by atoms with Crippen LogP contribution in [0.4, 0.5) is 0 Å². The molecule has 0 aromatic carbocycles. The van der Waals surface area contributed by atoms with Gasteiger partial charge in [0.25, 0.3) is 0 Å². The summed E-state index contributed by atoms with van der Waals surface area (Å²) in [5.41, 5.74) is 0. The van der Waals surface area contributed by atoms with Crippen LogP contribution in [-0.2, 0) is 16.1 Å². The standard InChI is InChI=1S/C11H13NO4/c1-6-2-3-7(16-6)5-12-10(13)8-4-9(8)11(14)15/h2-3,8-9H,4-5H2,1H3,(H,12,13)(H,14,15)/t8-,9+/m1/s1. The summed E-state index contributed by atoms with van der Waals surface area (Å²) in [6, 6.07) is 3.61. The molecule has 1 aromatic rings. The predicted octanol–water partition coefficient (Wildman–Crippen LogP) is 0.925. The number of carbonyl (C=O) groups is 2. The lowest BCUT2D eigenvalue weighted by molar-refractivity contribution is -0.140. The lowest BCUT2D eigenvalue weighted by atomic mass is 10.3. The molecule has 5 heteroatoms. The summed E-state index contributed by atoms with van der Waals surface area (Å²) in [5, 5.41) is 11.3. The van der Waals surface area contributed by atoms with Gasteiger partial charge in [0.15, 0.2) is 0 Å². The van der Waals surface area contributed by atoms with Crippen LogP contribution in [0.15, 0.2) is 16.5 Å². The molecule has 2 rings (SSSR count). The summed E-state index contributed by atoms with van der Waals surface area (Å²) in [6.07, 6.45) is 0.443. The van der Waals surface area contributed by atoms with E-state index in [0.29, 0.717) is 18.7 Å². The first-order valence-electron chi connectivity index (χ1n) is 5.14. The molecule has 1 saturated carbocycles. The molecule has 1 aliphatic carbocycles. The van der Waals surface area contributed by atoms with E-state index >= 15 is 0 Å². The first-order chi connectivity index (χ1) is 7.58. The highest BCUT2D eigenvalue weighted by Crippen LogP contribution is 2.38. The first kappa shape index (κ1) is 10.7. The van der Waals surface area contributed by atoms with Gasteiger partial charge < -0.3 is 14.8 Å². The van der Waals surface area contributed by atoms with Crippen LogP contribution in [0.2, 0.25) is 0 Å². The summed E-state index contributed by atoms with van der Waals surface area (Å²) < 4.78 is 5.28. The second-order valence-electron chi connectivity index (χ2n) is 4.02. The molecular formula is C11H13NO4. The van der Waals surface area contributed by atoms with Crippen LogP contribution in [0.1, 0.15) is 17.9 Å². The molecule has 1 aliphatic rings. The van der Waals surface area contributed by atoms with E-state index < -0.39 is 11.9 Å². The van der Waals surface area contributed by atoms with Crippen LogP contribution < -0.4 is 5.32 Å². The third kappa shape index (κ3) is 2.24. The summed E-state index contributed by atoms with van der Waals surface area (Å²) in [4.78, 5) is 22.0. The molecule has 1 aromatic heterocycles. The molecule has 1 amide bonds. The SMILES string of the molecule is Cc1ccc(CNC(=O)[C@@H]2C[C@@H]2C(=O)O)o1. The largest absolute Gasteiger partial charge is 0.481 e. The van der Waals surface area contributed by atoms with Crippen LogP contribution in [0, 0.1) is 18.8 Å². The molecule has 0 unspecified atom stereocenters. The lowest BCUT2D eigenvalue weighted by Crippen LogP contribution is -2.25. The monoisotopic (exact) mass is 223 g/mol. The van der Waals surface area contributed by atoms with Gasteiger partial charge in [0.1, 0.15) is 11.5 Å². The van der Waals surface area contributed by atoms with Gasteiger partial charge in [0, 0.05) is 0 Å². The van der Waals surface area contributed by atoms with Gasteiger partial charge in [-0.2, -0.15) is 0 Å². The van der Waals surface area contributed by atoms with Gasteiger partial charge in [-0.1, -0.05) is 0 Å². The zero-order valence-electron chi connectivity index (χ0n) is 8.90. The fraction of sp³-hybridized carbons (Fsp3) is 0.455. The van der Waals surface area contributed by atoms with Gasteiger partial charge >= 0.3 is 5.97 Å². The van der Waals surface area contributed by atoms with Gasteiger partial charge in [-0.15, -0.1) is 0 Å². The summed E-state index contributed by atoms with van der Waals surface area (Å²) >= 11 is 0. The minimum atomic E-state index is -0.894. The molecule has 1 fully saturated rings. The number of hydrogen-bond acceptors (Lipinski definition) is 3. The van der Waals surface area contributed by atoms with Crippen LogP contribution >= 0.6 is 0 Å². The number of aliphatic carboxylic acids is 1. The van der Waals surface area contributed by atoms with Crippen LogP contribution in [0.5, 0.6) is 0 Å². The molecule has 0 saturated heterocycles. The maximum absolute atomic E-state index is 11.5. The normalized spacial score (nSPS) is 22.8. The van der Waals surface area contributed by atoms with Crippen molar-refractivity contribution in [3.05, 3.63) is 23.7 Å². The molecule has 0 radical (unpaired) electrons. The highest BCUT2D eigenvalue weighted by Gasteiger charge is 2.48. The van der Waals surface area contributed by atoms with Gasteiger partial charge in [0.2, 0.25) is 5.91 Å². The van der Waals surface area contributed by atoms with Crippen molar-refractivity contribution in [2.24, 2.45) is 11.8 Å². The van der Waals surface area contributed by atoms with E-state index in [1.807, 2.05) is 13.0 Å². The van der Waals surface area contributed by atoms with Crippen LogP contribution in [0.25, 0.3) is 0 Å². The lowest BCUT2D eigenvalue weighted by Gasteiger charge is -2.01. The van der Waals surface area contributed by atoms with E-state index in [1.165, 1.54) is 0 Å². The highest BCUT2D eigenvalue weighted by atomic mass is 16.4. The minimum Gasteiger partial charge on any atom is -0.481 e. The predicted molar refractivity (Wildman–Crippen MR) is 54.5 cm³/mol. The number of furan rings is 1. The Bertz CT molecular complexity index is 423. The van der Waals surface area contributed by atoms with Crippen LogP contribution in [0.3, 0.4) is 0 Å². The van der Waals surface area contributed by atoms with Gasteiger partial charge in [-0.25, -0.2) is 0 Å². The Hall–Kier alpha value is -1.78. The highest BCUT2D eigenvalue weighted by molar-refractivity contribution is 5.89. The molecular weight excluding hydrogens is 210 g/mol. The minimum absolute atomic E-state index is 0.207. The van der Waals surface area contributed by atoms with Crippen molar-refractivity contribution in [1.29, 1.82) is 0 Å². The average molecular weight is 223 g/mol. The molecule has 0 aliphatic heterocycles. The summed E-state index contributed by atoms with van der Waals surface area (Å²) in [6.45, 7) is 2.14. The van der Waals surface area contributed by atoms with Gasteiger partial charge in [-0.05, 0) is 25.5 Å². The molecule has 0 bridgehead atoms. The molecule has 2 atom stereocenters. The fourth-order valence-electron chi connectivity index (χ4n) is 1.64. The van der Waals surface area contributed by atoms with Crippen molar-refractivity contribution in [3.63, 3.8) is 0 Å². The van der Waals surface area contributed by atoms with Crippen molar-refractivity contribution in [1.82, 2.24) is 5.32 Å². The first-order valence-corrected chi connectivity index (χ1v) is 5.14. The molecule has 86 valence electrons. The average Bonchev–Trinajstić information content (AvgIpc) is 2.93. The van der Waals surface area contributed by atoms with Crippen molar-refractivity contribution >= 4 is 11.9 Å². The quantitative estimate of drug-likeness (QED) is 0.795. The molecule has 16 heavy (non-hydrogen) atoms. The second-order valence-corrected chi connectivity index (χ2v) is 4.02. The van der Waals surface area contributed by atoms with E-state index in [-0.39, 0.29) is 11.8 Å². The van der Waals surface area contributed by atoms with E-state index in [2.05, 4.69) is 5.32 Å². The van der Waals surface area contributed by atoms with Crippen molar-refractivity contribution < 1.29 is 19.1 Å². The Morgan fingerprint density at radius 1 is 1.50 bits per heavy atom. The Kier molecular flexibility index (Phi) is 2.68. The topological polar surface area (TPSA) is 79.5 Å². The van der Waals surface area contributed by atoms with Crippen molar-refractivity contribution in [2.75, 3.05) is 0 Å². The van der Waals surface area contributed by atoms with Gasteiger partial charge in [0.05, 0.1) is 18.4 Å². The Morgan fingerprint density at radius 3 is 2.75 bits per heavy atom. The maximum atomic E-state index is 11.5. The smallest absolute Gasteiger partial charge is 0.307 e. The Balaban J connectivity index is 1.79. The molecule has 0 spiro atoms. The number of carbonyl (C=O) groups excluding carboxylic acids is 1. The molecule has 5 nitrogen and oxygen atoms in total. The Morgan fingerprint density at radius 2 is 2.25 bits per heavy atom. The van der Waals surface area contributed by atoms with E-state index in [1.54, 1.807) is 6.07 Å². The van der Waals surface area contributed by atoms with Crippen molar-refractivity contribution in [2.45, 2.75) is 19.9 Å². The number of aryl methyl sites for hydroxylation is 1. The van der Waals surface area contributed by atoms with E-state index in [9.17, 15) is 9.59 Å².